The average molecular weight is 290 g/mol. The van der Waals surface area contributed by atoms with Crippen LogP contribution in [0.5, 0.6) is 0 Å². The van der Waals surface area contributed by atoms with Crippen LogP contribution in [0.25, 0.3) is 0 Å². The second-order valence-corrected chi connectivity index (χ2v) is 7.07. The summed E-state index contributed by atoms with van der Waals surface area (Å²) < 4.78 is 5.26. The highest BCUT2D eigenvalue weighted by Gasteiger charge is 2.40. The monoisotopic (exact) mass is 290 g/mol. The molecule has 0 aromatic heterocycles. The third-order valence-corrected chi connectivity index (χ3v) is 4.06. The van der Waals surface area contributed by atoms with Crippen molar-refractivity contribution in [2.45, 2.75) is 44.7 Å². The predicted molar refractivity (Wildman–Crippen MR) is 84.0 cm³/mol. The quantitative estimate of drug-likeness (QED) is 0.927. The van der Waals surface area contributed by atoms with Crippen molar-refractivity contribution < 1.29 is 9.53 Å². The molecular formula is C17H26N2O2. The molecule has 1 unspecified atom stereocenters. The van der Waals surface area contributed by atoms with Gasteiger partial charge in [0.15, 0.2) is 0 Å². The van der Waals surface area contributed by atoms with Gasteiger partial charge < -0.3 is 15.4 Å². The highest BCUT2D eigenvalue weighted by atomic mass is 16.5. The topological polar surface area (TPSA) is 55.6 Å². The smallest absolute Gasteiger partial charge is 0.245 e. The Morgan fingerprint density at radius 1 is 1.33 bits per heavy atom. The molecule has 1 aromatic rings. The number of nitrogens with zero attached hydrogens (tertiary/aromatic N) is 1. The van der Waals surface area contributed by atoms with E-state index in [-0.39, 0.29) is 11.3 Å². The molecule has 21 heavy (non-hydrogen) atoms. The number of carbonyl (C=O) groups excluding carboxylic acids is 1. The molecule has 2 rings (SSSR count). The number of ether oxygens (including phenoxy) is 1. The lowest BCUT2D eigenvalue weighted by atomic mass is 9.86. The fourth-order valence-electron chi connectivity index (χ4n) is 2.59. The molecule has 1 aliphatic rings. The van der Waals surface area contributed by atoms with Crippen LogP contribution in [0.2, 0.25) is 0 Å². The zero-order valence-electron chi connectivity index (χ0n) is 13.5. The van der Waals surface area contributed by atoms with Crippen LogP contribution in [0.15, 0.2) is 24.3 Å². The van der Waals surface area contributed by atoms with E-state index in [9.17, 15) is 4.79 Å². The summed E-state index contributed by atoms with van der Waals surface area (Å²) in [6.07, 6.45) is 0.596. The van der Waals surface area contributed by atoms with Crippen LogP contribution in [0.1, 0.15) is 38.3 Å². The van der Waals surface area contributed by atoms with E-state index < -0.39 is 5.54 Å². The third kappa shape index (κ3) is 3.63. The number of carbonyl (C=O) groups is 1. The third-order valence-electron chi connectivity index (χ3n) is 4.06. The maximum absolute atomic E-state index is 12.4. The summed E-state index contributed by atoms with van der Waals surface area (Å²) in [7, 11) is 1.80. The fourth-order valence-corrected chi connectivity index (χ4v) is 2.59. The molecule has 116 valence electrons. The van der Waals surface area contributed by atoms with E-state index in [0.717, 1.165) is 5.56 Å². The second kappa shape index (κ2) is 5.78. The van der Waals surface area contributed by atoms with Crippen LogP contribution in [0, 0.1) is 0 Å². The van der Waals surface area contributed by atoms with Crippen LogP contribution < -0.4 is 5.73 Å². The lowest BCUT2D eigenvalue weighted by Gasteiger charge is -2.28. The lowest BCUT2D eigenvalue weighted by Crippen LogP contribution is -2.54. The van der Waals surface area contributed by atoms with E-state index in [1.165, 1.54) is 5.56 Å². The summed E-state index contributed by atoms with van der Waals surface area (Å²) >= 11 is 0. The number of likely N-dealkylation sites (N-methyl/N-ethyl adjacent to an activating group) is 1. The minimum absolute atomic E-state index is 0.0418. The van der Waals surface area contributed by atoms with Gasteiger partial charge in [0.25, 0.3) is 0 Å². The number of rotatable bonds is 3. The van der Waals surface area contributed by atoms with Gasteiger partial charge in [-0.15, -0.1) is 0 Å². The van der Waals surface area contributed by atoms with E-state index in [1.54, 1.807) is 11.9 Å². The maximum atomic E-state index is 12.4. The van der Waals surface area contributed by atoms with Crippen molar-refractivity contribution >= 4 is 5.91 Å². The van der Waals surface area contributed by atoms with Crippen molar-refractivity contribution in [3.63, 3.8) is 0 Å². The first-order valence-electron chi connectivity index (χ1n) is 7.44. The van der Waals surface area contributed by atoms with Gasteiger partial charge in [-0.2, -0.15) is 0 Å². The highest BCUT2D eigenvalue weighted by Crippen LogP contribution is 2.23. The minimum Gasteiger partial charge on any atom is -0.379 e. The minimum atomic E-state index is -0.847. The average Bonchev–Trinajstić information content (AvgIpc) is 2.85. The second-order valence-electron chi connectivity index (χ2n) is 7.07. The Hall–Kier alpha value is -1.39. The van der Waals surface area contributed by atoms with Crippen molar-refractivity contribution in [1.82, 2.24) is 4.90 Å². The molecule has 0 radical (unpaired) electrons. The van der Waals surface area contributed by atoms with Crippen LogP contribution in [-0.4, -0.2) is 36.6 Å². The van der Waals surface area contributed by atoms with E-state index >= 15 is 0 Å². The Labute approximate surface area is 127 Å². The van der Waals surface area contributed by atoms with Gasteiger partial charge >= 0.3 is 0 Å². The van der Waals surface area contributed by atoms with Crippen LogP contribution >= 0.6 is 0 Å². The molecular weight excluding hydrogens is 264 g/mol. The highest BCUT2D eigenvalue weighted by molar-refractivity contribution is 5.86. The van der Waals surface area contributed by atoms with Crippen molar-refractivity contribution in [3.05, 3.63) is 35.4 Å². The molecule has 0 spiro atoms. The summed E-state index contributed by atoms with van der Waals surface area (Å²) in [5.74, 6) is -0.0418. The Morgan fingerprint density at radius 2 is 1.95 bits per heavy atom. The molecule has 4 nitrogen and oxygen atoms in total. The summed E-state index contributed by atoms with van der Waals surface area (Å²) in [6.45, 7) is 8.03. The fraction of sp³-hybridized carbons (Fsp3) is 0.588. The van der Waals surface area contributed by atoms with Crippen molar-refractivity contribution in [2.75, 3.05) is 20.3 Å². The molecule has 1 amide bonds. The van der Waals surface area contributed by atoms with Gasteiger partial charge in [-0.3, -0.25) is 4.79 Å². The van der Waals surface area contributed by atoms with E-state index in [4.69, 9.17) is 10.5 Å². The summed E-state index contributed by atoms with van der Waals surface area (Å²) in [5.41, 5.74) is 7.82. The van der Waals surface area contributed by atoms with E-state index in [1.807, 2.05) is 0 Å². The summed E-state index contributed by atoms with van der Waals surface area (Å²) in [6, 6.07) is 8.42. The zero-order valence-corrected chi connectivity index (χ0v) is 13.5. The summed E-state index contributed by atoms with van der Waals surface area (Å²) in [4.78, 5) is 14.1. The normalized spacial score (nSPS) is 22.3. The molecule has 1 heterocycles. The van der Waals surface area contributed by atoms with E-state index in [0.29, 0.717) is 26.2 Å². The Bertz CT molecular complexity index is 497. The molecule has 0 saturated carbocycles. The molecule has 0 bridgehead atoms. The first-order chi connectivity index (χ1) is 9.72. The number of hydrogen-bond acceptors (Lipinski definition) is 3. The first kappa shape index (κ1) is 16.0. The Balaban J connectivity index is 2.02. The number of benzene rings is 1. The molecule has 0 aliphatic carbocycles. The van der Waals surface area contributed by atoms with Crippen molar-refractivity contribution in [2.24, 2.45) is 5.73 Å². The number of amides is 1. The molecule has 1 atom stereocenters. The first-order valence-corrected chi connectivity index (χ1v) is 7.44. The molecule has 1 aliphatic heterocycles. The Kier molecular flexibility index (Phi) is 4.40. The van der Waals surface area contributed by atoms with Gasteiger partial charge in [0.05, 0.1) is 6.61 Å². The van der Waals surface area contributed by atoms with Gasteiger partial charge in [-0.25, -0.2) is 0 Å². The molecule has 1 fully saturated rings. The molecule has 2 N–H and O–H groups in total. The van der Waals surface area contributed by atoms with Gasteiger partial charge in [0.1, 0.15) is 5.54 Å². The van der Waals surface area contributed by atoms with Gasteiger partial charge in [-0.1, -0.05) is 45.0 Å². The van der Waals surface area contributed by atoms with Gasteiger partial charge in [0, 0.05) is 20.2 Å². The number of hydrogen-bond donors (Lipinski definition) is 1. The van der Waals surface area contributed by atoms with Crippen LogP contribution in [0.4, 0.5) is 0 Å². The molecule has 1 aromatic carbocycles. The van der Waals surface area contributed by atoms with Crippen LogP contribution in [0.3, 0.4) is 0 Å². The molecule has 1 saturated heterocycles. The van der Waals surface area contributed by atoms with Crippen molar-refractivity contribution in [3.8, 4) is 0 Å². The SMILES string of the molecule is CN(Cc1ccc(C(C)(C)C)cc1)C(=O)C1(N)CCOC1. The van der Waals surface area contributed by atoms with E-state index in [2.05, 4.69) is 45.0 Å². The number of nitrogens with two attached hydrogens (primary N) is 1. The largest absolute Gasteiger partial charge is 0.379 e. The standard InChI is InChI=1S/C17H26N2O2/c1-16(2,3)14-7-5-13(6-8-14)11-19(4)15(20)17(18)9-10-21-12-17/h5-8H,9-12,18H2,1-4H3. The van der Waals surface area contributed by atoms with Crippen molar-refractivity contribution in [1.29, 1.82) is 0 Å². The zero-order chi connectivity index (χ0) is 15.7. The summed E-state index contributed by atoms with van der Waals surface area (Å²) in [5, 5.41) is 0. The molecule has 4 heteroatoms. The lowest BCUT2D eigenvalue weighted by molar-refractivity contribution is -0.136. The van der Waals surface area contributed by atoms with Crippen LogP contribution in [-0.2, 0) is 21.5 Å². The Morgan fingerprint density at radius 3 is 2.43 bits per heavy atom. The predicted octanol–water partition coefficient (Wildman–Crippen LogP) is 2.06. The van der Waals surface area contributed by atoms with Gasteiger partial charge in [-0.05, 0) is 23.0 Å². The maximum Gasteiger partial charge on any atom is 0.245 e. The van der Waals surface area contributed by atoms with Gasteiger partial charge in [0.2, 0.25) is 5.91 Å².